The summed E-state index contributed by atoms with van der Waals surface area (Å²) in [4.78, 5) is 6.67. The van der Waals surface area contributed by atoms with Gasteiger partial charge in [0.2, 0.25) is 0 Å². The molecule has 5 heteroatoms. The van der Waals surface area contributed by atoms with Crippen LogP contribution in [0, 0.1) is 0 Å². The molecule has 132 valence electrons. The number of pyridine rings is 1. The number of benzene rings is 1. The molecular weight excluding hydrogens is 310 g/mol. The summed E-state index contributed by atoms with van der Waals surface area (Å²) in [6, 6.07) is 10.4. The third-order valence-corrected chi connectivity index (χ3v) is 4.45. The van der Waals surface area contributed by atoms with E-state index in [-0.39, 0.29) is 0 Å². The van der Waals surface area contributed by atoms with Crippen molar-refractivity contribution in [1.29, 1.82) is 0 Å². The zero-order chi connectivity index (χ0) is 18.0. The third-order valence-electron chi connectivity index (χ3n) is 4.45. The molecule has 0 unspecified atom stereocenters. The summed E-state index contributed by atoms with van der Waals surface area (Å²) in [6.45, 7) is 5.96. The summed E-state index contributed by atoms with van der Waals surface area (Å²) in [5, 5.41) is 9.50. The predicted molar refractivity (Wildman–Crippen MR) is 104 cm³/mol. The number of aryl methyl sites for hydroxylation is 1. The average molecular weight is 337 g/mol. The van der Waals surface area contributed by atoms with Crippen molar-refractivity contribution < 1.29 is 0 Å². The quantitative estimate of drug-likeness (QED) is 0.748. The van der Waals surface area contributed by atoms with Crippen LogP contribution in [0.3, 0.4) is 0 Å². The molecule has 0 radical (unpaired) electrons. The molecule has 2 aromatic heterocycles. The first-order valence-electron chi connectivity index (χ1n) is 8.75. The zero-order valence-corrected chi connectivity index (χ0v) is 15.7. The van der Waals surface area contributed by atoms with Crippen molar-refractivity contribution in [1.82, 2.24) is 20.1 Å². The van der Waals surface area contributed by atoms with Gasteiger partial charge in [-0.2, -0.15) is 5.10 Å². The lowest BCUT2D eigenvalue weighted by atomic mass is 10.0. The lowest BCUT2D eigenvalue weighted by Crippen LogP contribution is -2.19. The van der Waals surface area contributed by atoms with E-state index < -0.39 is 0 Å². The molecule has 0 bridgehead atoms. The topological polar surface area (TPSA) is 46.0 Å². The van der Waals surface area contributed by atoms with Gasteiger partial charge in [-0.05, 0) is 17.5 Å². The van der Waals surface area contributed by atoms with Gasteiger partial charge >= 0.3 is 0 Å². The maximum absolute atomic E-state index is 4.73. The Morgan fingerprint density at radius 2 is 1.88 bits per heavy atom. The van der Waals surface area contributed by atoms with Gasteiger partial charge in [0.05, 0.1) is 11.2 Å². The Morgan fingerprint density at radius 3 is 2.60 bits per heavy atom. The van der Waals surface area contributed by atoms with Crippen LogP contribution in [0.1, 0.15) is 36.6 Å². The minimum absolute atomic E-state index is 0.399. The van der Waals surface area contributed by atoms with Crippen molar-refractivity contribution in [2.45, 2.75) is 32.9 Å². The fraction of sp³-hybridized carbons (Fsp3) is 0.400. The highest BCUT2D eigenvalue weighted by molar-refractivity contribution is 5.81. The lowest BCUT2D eigenvalue weighted by molar-refractivity contribution is 0.679. The summed E-state index contributed by atoms with van der Waals surface area (Å²) in [7, 11) is 6.15. The smallest absolute Gasteiger partial charge is 0.130 e. The maximum Gasteiger partial charge on any atom is 0.130 e. The van der Waals surface area contributed by atoms with Crippen LogP contribution < -0.4 is 10.2 Å². The van der Waals surface area contributed by atoms with Gasteiger partial charge in [-0.15, -0.1) is 0 Å². The number of nitrogens with one attached hydrogen (secondary N) is 1. The minimum atomic E-state index is 0.399. The third kappa shape index (κ3) is 3.51. The van der Waals surface area contributed by atoms with Crippen LogP contribution >= 0.6 is 0 Å². The second-order valence-electron chi connectivity index (χ2n) is 6.96. The molecule has 0 aliphatic heterocycles. The van der Waals surface area contributed by atoms with Crippen LogP contribution in [0.15, 0.2) is 36.5 Å². The summed E-state index contributed by atoms with van der Waals surface area (Å²) in [5.74, 6) is 1.56. The van der Waals surface area contributed by atoms with E-state index in [2.05, 4.69) is 67.4 Å². The first-order chi connectivity index (χ1) is 12.0. The molecule has 0 aliphatic rings. The van der Waals surface area contributed by atoms with Crippen LogP contribution in [0.25, 0.3) is 10.9 Å². The molecule has 0 amide bonds. The molecule has 1 aromatic carbocycles. The Hall–Kier alpha value is -2.40. The van der Waals surface area contributed by atoms with Crippen molar-refractivity contribution in [3.05, 3.63) is 53.3 Å². The normalized spacial score (nSPS) is 11.4. The number of hydrogen-bond acceptors (Lipinski definition) is 4. The fourth-order valence-corrected chi connectivity index (χ4v) is 3.40. The number of nitrogens with zero attached hydrogens (tertiary/aromatic N) is 4. The molecule has 0 saturated carbocycles. The molecule has 0 spiro atoms. The van der Waals surface area contributed by atoms with Crippen LogP contribution in [-0.4, -0.2) is 28.9 Å². The molecule has 5 nitrogen and oxygen atoms in total. The maximum atomic E-state index is 4.73. The van der Waals surface area contributed by atoms with Gasteiger partial charge < -0.3 is 10.2 Å². The van der Waals surface area contributed by atoms with Crippen LogP contribution in [0.5, 0.6) is 0 Å². The van der Waals surface area contributed by atoms with Gasteiger partial charge in [-0.25, -0.2) is 0 Å². The van der Waals surface area contributed by atoms with Crippen molar-refractivity contribution in [3.63, 3.8) is 0 Å². The molecule has 1 N–H and O–H groups in total. The van der Waals surface area contributed by atoms with Gasteiger partial charge in [-0.1, -0.05) is 38.1 Å². The van der Waals surface area contributed by atoms with E-state index in [0.717, 1.165) is 30.1 Å². The number of para-hydroxylation sites is 1. The van der Waals surface area contributed by atoms with Gasteiger partial charge in [0.15, 0.2) is 0 Å². The van der Waals surface area contributed by atoms with Crippen molar-refractivity contribution in [2.24, 2.45) is 7.05 Å². The predicted octanol–water partition coefficient (Wildman–Crippen LogP) is 3.45. The SMILES string of the molecule is CC(C)c1nn(C)c(N(C)C)c1CNCc1cccc2cccnc12. The Labute approximate surface area is 149 Å². The molecular formula is C20H27N5. The summed E-state index contributed by atoms with van der Waals surface area (Å²) in [5.41, 5.74) is 4.73. The Morgan fingerprint density at radius 1 is 1.12 bits per heavy atom. The highest BCUT2D eigenvalue weighted by atomic mass is 15.4. The monoisotopic (exact) mass is 337 g/mol. The van der Waals surface area contributed by atoms with E-state index >= 15 is 0 Å². The van der Waals surface area contributed by atoms with E-state index in [0.29, 0.717) is 5.92 Å². The van der Waals surface area contributed by atoms with Crippen molar-refractivity contribution in [3.8, 4) is 0 Å². The summed E-state index contributed by atoms with van der Waals surface area (Å²) < 4.78 is 1.98. The molecule has 0 fully saturated rings. The molecule has 3 rings (SSSR count). The number of fused-ring (bicyclic) bond motifs is 1. The van der Waals surface area contributed by atoms with Gasteiger partial charge in [0.1, 0.15) is 5.82 Å². The fourth-order valence-electron chi connectivity index (χ4n) is 3.40. The van der Waals surface area contributed by atoms with E-state index in [9.17, 15) is 0 Å². The number of anilines is 1. The molecule has 3 aromatic rings. The number of hydrogen-bond donors (Lipinski definition) is 1. The largest absolute Gasteiger partial charge is 0.363 e. The molecule has 0 saturated heterocycles. The zero-order valence-electron chi connectivity index (χ0n) is 15.7. The van der Waals surface area contributed by atoms with Gasteiger partial charge in [-0.3, -0.25) is 9.67 Å². The Bertz CT molecular complexity index is 858. The van der Waals surface area contributed by atoms with E-state index in [1.807, 2.05) is 24.0 Å². The van der Waals surface area contributed by atoms with E-state index in [4.69, 9.17) is 5.10 Å². The molecule has 0 atom stereocenters. The van der Waals surface area contributed by atoms with Gasteiger partial charge in [0, 0.05) is 51.4 Å². The lowest BCUT2D eigenvalue weighted by Gasteiger charge is -2.16. The number of rotatable bonds is 6. The van der Waals surface area contributed by atoms with Gasteiger partial charge in [0.25, 0.3) is 0 Å². The van der Waals surface area contributed by atoms with Crippen LogP contribution in [0.4, 0.5) is 5.82 Å². The average Bonchev–Trinajstić information content (AvgIpc) is 2.92. The highest BCUT2D eigenvalue weighted by Gasteiger charge is 2.19. The Kier molecular flexibility index (Phi) is 5.04. The van der Waals surface area contributed by atoms with Crippen molar-refractivity contribution >= 4 is 16.7 Å². The van der Waals surface area contributed by atoms with E-state index in [1.54, 1.807) is 0 Å². The second kappa shape index (κ2) is 7.23. The molecule has 2 heterocycles. The summed E-state index contributed by atoms with van der Waals surface area (Å²) in [6.07, 6.45) is 1.86. The van der Waals surface area contributed by atoms with Crippen molar-refractivity contribution in [2.75, 3.05) is 19.0 Å². The van der Waals surface area contributed by atoms with Crippen LogP contribution in [-0.2, 0) is 20.1 Å². The van der Waals surface area contributed by atoms with Crippen LogP contribution in [0.2, 0.25) is 0 Å². The standard InChI is InChI=1S/C20H27N5/c1-14(2)18-17(20(24(3)4)25(5)23-18)13-21-12-16-9-6-8-15-10-7-11-22-19(15)16/h6-11,14,21H,12-13H2,1-5H3. The first kappa shape index (κ1) is 17.4. The minimum Gasteiger partial charge on any atom is -0.363 e. The summed E-state index contributed by atoms with van der Waals surface area (Å²) >= 11 is 0. The second-order valence-corrected chi connectivity index (χ2v) is 6.96. The van der Waals surface area contributed by atoms with E-state index in [1.165, 1.54) is 16.5 Å². The number of aromatic nitrogens is 3. The first-order valence-corrected chi connectivity index (χ1v) is 8.75. The molecule has 0 aliphatic carbocycles. The highest BCUT2D eigenvalue weighted by Crippen LogP contribution is 2.27. The Balaban J connectivity index is 1.82. The molecule has 25 heavy (non-hydrogen) atoms.